The van der Waals surface area contributed by atoms with Crippen LogP contribution in [0.3, 0.4) is 0 Å². The van der Waals surface area contributed by atoms with E-state index in [1.54, 1.807) is 18.3 Å². The Kier molecular flexibility index (Phi) is 3.16. The summed E-state index contributed by atoms with van der Waals surface area (Å²) in [6.07, 6.45) is 1.66. The third-order valence-corrected chi connectivity index (χ3v) is 3.19. The maximum absolute atomic E-state index is 12.3. The van der Waals surface area contributed by atoms with Gasteiger partial charge in [0.15, 0.2) is 5.75 Å². The molecule has 104 valence electrons. The van der Waals surface area contributed by atoms with E-state index in [0.29, 0.717) is 11.2 Å². The van der Waals surface area contributed by atoms with E-state index in [-0.39, 0.29) is 17.0 Å². The summed E-state index contributed by atoms with van der Waals surface area (Å²) in [4.78, 5) is 16.5. The van der Waals surface area contributed by atoms with Crippen LogP contribution in [0.4, 0.5) is 11.4 Å². The van der Waals surface area contributed by atoms with Crippen LogP contribution < -0.4 is 11.1 Å². The first-order valence-corrected chi connectivity index (χ1v) is 6.39. The van der Waals surface area contributed by atoms with Gasteiger partial charge >= 0.3 is 0 Å². The van der Waals surface area contributed by atoms with Crippen molar-refractivity contribution in [3.63, 3.8) is 0 Å². The van der Waals surface area contributed by atoms with Gasteiger partial charge in [-0.1, -0.05) is 24.3 Å². The molecule has 1 aromatic heterocycles. The number of nitrogens with two attached hydrogens (primary N) is 1. The highest BCUT2D eigenvalue weighted by molar-refractivity contribution is 6.10. The van der Waals surface area contributed by atoms with Crippen molar-refractivity contribution in [3.05, 3.63) is 60.3 Å². The molecule has 0 fully saturated rings. The van der Waals surface area contributed by atoms with Crippen molar-refractivity contribution in [2.75, 3.05) is 11.1 Å². The van der Waals surface area contributed by atoms with Gasteiger partial charge in [0.05, 0.1) is 22.5 Å². The minimum absolute atomic E-state index is 0.128. The van der Waals surface area contributed by atoms with E-state index in [9.17, 15) is 9.90 Å². The first-order chi connectivity index (χ1) is 10.2. The molecular formula is C16H13N3O2. The normalized spacial score (nSPS) is 10.5. The number of phenols is 1. The smallest absolute Gasteiger partial charge is 0.259 e. The third kappa shape index (κ3) is 2.36. The van der Waals surface area contributed by atoms with Crippen molar-refractivity contribution >= 4 is 28.2 Å². The number of phenolic OH excluding ortho intramolecular Hbond substituents is 1. The summed E-state index contributed by atoms with van der Waals surface area (Å²) in [6, 6.07) is 13.9. The molecule has 0 aliphatic rings. The molecule has 3 aromatic rings. The SMILES string of the molecule is Nc1cccc(C(=O)Nc2cccc3cccnc23)c1O. The molecule has 3 rings (SSSR count). The highest BCUT2D eigenvalue weighted by atomic mass is 16.3. The Morgan fingerprint density at radius 3 is 2.71 bits per heavy atom. The maximum Gasteiger partial charge on any atom is 0.259 e. The van der Waals surface area contributed by atoms with Gasteiger partial charge in [-0.05, 0) is 24.3 Å². The van der Waals surface area contributed by atoms with Gasteiger partial charge in [-0.3, -0.25) is 9.78 Å². The Hall–Kier alpha value is -3.08. The van der Waals surface area contributed by atoms with Crippen LogP contribution in [0.25, 0.3) is 10.9 Å². The molecule has 0 atom stereocenters. The number of nitrogen functional groups attached to an aromatic ring is 1. The van der Waals surface area contributed by atoms with Crippen LogP contribution in [0.15, 0.2) is 54.7 Å². The Morgan fingerprint density at radius 1 is 1.10 bits per heavy atom. The molecule has 0 radical (unpaired) electrons. The van der Waals surface area contributed by atoms with Crippen LogP contribution in [0, 0.1) is 0 Å². The van der Waals surface area contributed by atoms with Crippen LogP contribution >= 0.6 is 0 Å². The minimum Gasteiger partial charge on any atom is -0.505 e. The van der Waals surface area contributed by atoms with Crippen LogP contribution in [0.1, 0.15) is 10.4 Å². The molecule has 1 amide bonds. The molecule has 0 saturated heterocycles. The lowest BCUT2D eigenvalue weighted by Gasteiger charge is -2.09. The van der Waals surface area contributed by atoms with Gasteiger partial charge in [0.1, 0.15) is 0 Å². The summed E-state index contributed by atoms with van der Waals surface area (Å²) in [5.41, 5.74) is 7.17. The van der Waals surface area contributed by atoms with Crippen molar-refractivity contribution in [1.29, 1.82) is 0 Å². The molecule has 0 bridgehead atoms. The van der Waals surface area contributed by atoms with Crippen LogP contribution in [-0.4, -0.2) is 16.0 Å². The lowest BCUT2D eigenvalue weighted by atomic mass is 10.1. The zero-order valence-corrected chi connectivity index (χ0v) is 11.1. The third-order valence-electron chi connectivity index (χ3n) is 3.19. The lowest BCUT2D eigenvalue weighted by Crippen LogP contribution is -2.13. The topological polar surface area (TPSA) is 88.2 Å². The molecule has 0 aliphatic heterocycles. The van der Waals surface area contributed by atoms with E-state index in [1.807, 2.05) is 24.3 Å². The summed E-state index contributed by atoms with van der Waals surface area (Å²) in [6.45, 7) is 0. The van der Waals surface area contributed by atoms with Crippen molar-refractivity contribution in [2.24, 2.45) is 0 Å². The van der Waals surface area contributed by atoms with Crippen LogP contribution in [0.5, 0.6) is 5.75 Å². The second kappa shape index (κ2) is 5.13. The number of carbonyl (C=O) groups excluding carboxylic acids is 1. The average molecular weight is 279 g/mol. The summed E-state index contributed by atoms with van der Waals surface area (Å²) in [5.74, 6) is -0.652. The summed E-state index contributed by atoms with van der Waals surface area (Å²) in [7, 11) is 0. The highest BCUT2D eigenvalue weighted by Crippen LogP contribution is 2.26. The second-order valence-corrected chi connectivity index (χ2v) is 4.58. The second-order valence-electron chi connectivity index (χ2n) is 4.58. The number of pyridine rings is 1. The van der Waals surface area contributed by atoms with E-state index in [4.69, 9.17) is 5.73 Å². The fourth-order valence-corrected chi connectivity index (χ4v) is 2.14. The number of para-hydroxylation sites is 2. The van der Waals surface area contributed by atoms with Crippen molar-refractivity contribution in [1.82, 2.24) is 4.98 Å². The van der Waals surface area contributed by atoms with Gasteiger partial charge in [0, 0.05) is 11.6 Å². The number of benzene rings is 2. The number of fused-ring (bicyclic) bond motifs is 1. The van der Waals surface area contributed by atoms with Gasteiger partial charge < -0.3 is 16.2 Å². The number of anilines is 2. The zero-order valence-electron chi connectivity index (χ0n) is 11.1. The standard InChI is InChI=1S/C16H13N3O2/c17-12-7-2-6-11(15(12)20)16(21)19-13-8-1-4-10-5-3-9-18-14(10)13/h1-9,20H,17H2,(H,19,21). The van der Waals surface area contributed by atoms with Gasteiger partial charge in [-0.15, -0.1) is 0 Å². The van der Waals surface area contributed by atoms with E-state index < -0.39 is 5.91 Å². The Morgan fingerprint density at radius 2 is 1.86 bits per heavy atom. The number of amides is 1. The Balaban J connectivity index is 1.99. The molecule has 2 aromatic carbocycles. The number of aromatic nitrogens is 1. The molecule has 0 spiro atoms. The molecule has 0 saturated carbocycles. The van der Waals surface area contributed by atoms with E-state index in [0.717, 1.165) is 5.39 Å². The summed E-state index contributed by atoms with van der Waals surface area (Å²) < 4.78 is 0. The van der Waals surface area contributed by atoms with Gasteiger partial charge in [-0.25, -0.2) is 0 Å². The quantitative estimate of drug-likeness (QED) is 0.497. The van der Waals surface area contributed by atoms with Gasteiger partial charge in [-0.2, -0.15) is 0 Å². The number of rotatable bonds is 2. The van der Waals surface area contributed by atoms with Crippen molar-refractivity contribution < 1.29 is 9.90 Å². The summed E-state index contributed by atoms with van der Waals surface area (Å²) in [5, 5.41) is 13.5. The van der Waals surface area contributed by atoms with E-state index in [2.05, 4.69) is 10.3 Å². The average Bonchev–Trinajstić information content (AvgIpc) is 2.50. The largest absolute Gasteiger partial charge is 0.505 e. The fourth-order valence-electron chi connectivity index (χ4n) is 2.14. The Labute approximate surface area is 121 Å². The lowest BCUT2D eigenvalue weighted by molar-refractivity contribution is 0.102. The van der Waals surface area contributed by atoms with Crippen LogP contribution in [-0.2, 0) is 0 Å². The molecule has 0 aliphatic carbocycles. The molecule has 5 nitrogen and oxygen atoms in total. The minimum atomic E-state index is -0.432. The fraction of sp³-hybridized carbons (Fsp3) is 0. The number of nitrogens with one attached hydrogen (secondary N) is 1. The monoisotopic (exact) mass is 279 g/mol. The number of carbonyl (C=O) groups is 1. The van der Waals surface area contributed by atoms with Crippen LogP contribution in [0.2, 0.25) is 0 Å². The predicted molar refractivity (Wildman–Crippen MR) is 82.2 cm³/mol. The first kappa shape index (κ1) is 12.9. The number of aromatic hydroxyl groups is 1. The maximum atomic E-state index is 12.3. The summed E-state index contributed by atoms with van der Waals surface area (Å²) >= 11 is 0. The zero-order chi connectivity index (χ0) is 14.8. The number of hydrogen-bond donors (Lipinski definition) is 3. The predicted octanol–water partition coefficient (Wildman–Crippen LogP) is 2.77. The molecule has 5 heteroatoms. The van der Waals surface area contributed by atoms with Gasteiger partial charge in [0.2, 0.25) is 0 Å². The molecule has 4 N–H and O–H groups in total. The van der Waals surface area contributed by atoms with Gasteiger partial charge in [0.25, 0.3) is 5.91 Å². The molecule has 0 unspecified atom stereocenters. The van der Waals surface area contributed by atoms with Crippen molar-refractivity contribution in [2.45, 2.75) is 0 Å². The Bertz CT molecular complexity index is 825. The number of hydrogen-bond acceptors (Lipinski definition) is 4. The highest BCUT2D eigenvalue weighted by Gasteiger charge is 2.14. The molecule has 1 heterocycles. The van der Waals surface area contributed by atoms with E-state index in [1.165, 1.54) is 12.1 Å². The molecule has 21 heavy (non-hydrogen) atoms. The first-order valence-electron chi connectivity index (χ1n) is 6.39. The molecular weight excluding hydrogens is 266 g/mol. The van der Waals surface area contributed by atoms with E-state index >= 15 is 0 Å². The van der Waals surface area contributed by atoms with Crippen molar-refractivity contribution in [3.8, 4) is 5.75 Å². The number of nitrogens with zero attached hydrogens (tertiary/aromatic N) is 1.